The fourth-order valence-corrected chi connectivity index (χ4v) is 3.13. The molecule has 0 radical (unpaired) electrons. The molecule has 0 aliphatic heterocycles. The lowest BCUT2D eigenvalue weighted by atomic mass is 9.81. The summed E-state index contributed by atoms with van der Waals surface area (Å²) in [7, 11) is 0. The highest BCUT2D eigenvalue weighted by molar-refractivity contribution is 4.96. The number of hydrogen-bond donors (Lipinski definition) is 0. The Morgan fingerprint density at radius 1 is 0.737 bits per heavy atom. The summed E-state index contributed by atoms with van der Waals surface area (Å²) in [6.45, 7) is 4.80. The van der Waals surface area contributed by atoms with Gasteiger partial charge in [-0.15, -0.1) is 0 Å². The standard InChI is InChI=1S/C19H36/c1-3-19(2)17-15-13-11-9-7-5-4-6-8-10-12-14-16-18-19/h15,17H,3-14,16,18H2,1-2H3. The van der Waals surface area contributed by atoms with Crippen molar-refractivity contribution in [2.45, 2.75) is 104 Å². The smallest absolute Gasteiger partial charge is 0.0149 e. The maximum absolute atomic E-state index is 2.53. The summed E-state index contributed by atoms with van der Waals surface area (Å²) in [6, 6.07) is 0. The fourth-order valence-electron chi connectivity index (χ4n) is 3.13. The summed E-state index contributed by atoms with van der Waals surface area (Å²) >= 11 is 0. The molecule has 1 rings (SSSR count). The Labute approximate surface area is 122 Å². The van der Waals surface area contributed by atoms with Crippen molar-refractivity contribution in [2.24, 2.45) is 5.41 Å². The average molecular weight is 264 g/mol. The van der Waals surface area contributed by atoms with E-state index in [0.717, 1.165) is 0 Å². The molecule has 0 heteroatoms. The highest BCUT2D eigenvalue weighted by Gasteiger charge is 2.17. The molecule has 0 spiro atoms. The van der Waals surface area contributed by atoms with Crippen LogP contribution in [0.4, 0.5) is 0 Å². The van der Waals surface area contributed by atoms with E-state index in [2.05, 4.69) is 26.0 Å². The first-order valence-electron chi connectivity index (χ1n) is 8.94. The first-order chi connectivity index (χ1) is 9.27. The van der Waals surface area contributed by atoms with Crippen LogP contribution in [0.5, 0.6) is 0 Å². The van der Waals surface area contributed by atoms with Crippen molar-refractivity contribution >= 4 is 0 Å². The van der Waals surface area contributed by atoms with Gasteiger partial charge < -0.3 is 0 Å². The summed E-state index contributed by atoms with van der Waals surface area (Å²) in [5, 5.41) is 0. The average Bonchev–Trinajstić information content (AvgIpc) is 2.42. The second-order valence-corrected chi connectivity index (χ2v) is 6.84. The maximum Gasteiger partial charge on any atom is -0.0149 e. The first kappa shape index (κ1) is 16.8. The molecule has 1 atom stereocenters. The molecule has 0 N–H and O–H groups in total. The SMILES string of the molecule is CCC1(C)C=CCCCCCCCCCCCCC1. The van der Waals surface area contributed by atoms with E-state index in [4.69, 9.17) is 0 Å². The predicted octanol–water partition coefficient (Wildman–Crippen LogP) is 7.04. The van der Waals surface area contributed by atoms with Gasteiger partial charge in [-0.1, -0.05) is 90.2 Å². The van der Waals surface area contributed by atoms with E-state index in [-0.39, 0.29) is 0 Å². The van der Waals surface area contributed by atoms with Crippen molar-refractivity contribution in [1.29, 1.82) is 0 Å². The van der Waals surface area contributed by atoms with Gasteiger partial charge in [0.15, 0.2) is 0 Å². The lowest BCUT2D eigenvalue weighted by molar-refractivity contribution is 0.355. The Hall–Kier alpha value is -0.260. The number of allylic oxidation sites excluding steroid dienone is 2. The van der Waals surface area contributed by atoms with Crippen LogP contribution in [0.3, 0.4) is 0 Å². The van der Waals surface area contributed by atoms with Crippen LogP contribution in [-0.4, -0.2) is 0 Å². The van der Waals surface area contributed by atoms with E-state index < -0.39 is 0 Å². The number of hydrogen-bond acceptors (Lipinski definition) is 0. The quantitative estimate of drug-likeness (QED) is 0.445. The van der Waals surface area contributed by atoms with Gasteiger partial charge in [-0.3, -0.25) is 0 Å². The van der Waals surface area contributed by atoms with Crippen molar-refractivity contribution < 1.29 is 0 Å². The molecule has 0 saturated carbocycles. The molecular formula is C19H36. The fraction of sp³-hybridized carbons (Fsp3) is 0.895. The molecule has 0 bridgehead atoms. The zero-order valence-electron chi connectivity index (χ0n) is 13.6. The van der Waals surface area contributed by atoms with Gasteiger partial charge in [0.25, 0.3) is 0 Å². The second-order valence-electron chi connectivity index (χ2n) is 6.84. The Kier molecular flexibility index (Phi) is 9.30. The Morgan fingerprint density at radius 3 is 1.74 bits per heavy atom. The molecule has 112 valence electrons. The molecule has 0 amide bonds. The second kappa shape index (κ2) is 10.5. The van der Waals surface area contributed by atoms with Crippen molar-refractivity contribution in [1.82, 2.24) is 0 Å². The van der Waals surface area contributed by atoms with E-state index >= 15 is 0 Å². The molecule has 0 aromatic heterocycles. The van der Waals surface area contributed by atoms with E-state index in [0.29, 0.717) is 5.41 Å². The van der Waals surface area contributed by atoms with Crippen molar-refractivity contribution in [3.63, 3.8) is 0 Å². The van der Waals surface area contributed by atoms with Crippen LogP contribution in [0.1, 0.15) is 104 Å². The summed E-state index contributed by atoms with van der Waals surface area (Å²) in [5.74, 6) is 0. The topological polar surface area (TPSA) is 0 Å². The predicted molar refractivity (Wildman–Crippen MR) is 87.6 cm³/mol. The van der Waals surface area contributed by atoms with Gasteiger partial charge in [0.05, 0.1) is 0 Å². The number of rotatable bonds is 1. The minimum atomic E-state index is 0.469. The van der Waals surface area contributed by atoms with Gasteiger partial charge in [0.2, 0.25) is 0 Å². The normalized spacial score (nSPS) is 29.2. The highest BCUT2D eigenvalue weighted by atomic mass is 14.2. The van der Waals surface area contributed by atoms with Crippen LogP contribution in [0.15, 0.2) is 12.2 Å². The minimum Gasteiger partial charge on any atom is -0.0880 e. The summed E-state index contributed by atoms with van der Waals surface area (Å²) in [5.41, 5.74) is 0.469. The lowest BCUT2D eigenvalue weighted by Crippen LogP contribution is -2.11. The van der Waals surface area contributed by atoms with Gasteiger partial charge in [-0.05, 0) is 31.1 Å². The largest absolute Gasteiger partial charge is 0.0880 e. The van der Waals surface area contributed by atoms with E-state index in [9.17, 15) is 0 Å². The molecule has 1 unspecified atom stereocenters. The van der Waals surface area contributed by atoms with Crippen LogP contribution in [-0.2, 0) is 0 Å². The highest BCUT2D eigenvalue weighted by Crippen LogP contribution is 2.30. The van der Waals surface area contributed by atoms with Crippen molar-refractivity contribution in [2.75, 3.05) is 0 Å². The minimum absolute atomic E-state index is 0.469. The third-order valence-electron chi connectivity index (χ3n) is 4.95. The Morgan fingerprint density at radius 2 is 1.21 bits per heavy atom. The van der Waals surface area contributed by atoms with Crippen molar-refractivity contribution in [3.05, 3.63) is 12.2 Å². The molecule has 0 nitrogen and oxygen atoms in total. The van der Waals surface area contributed by atoms with E-state index in [1.54, 1.807) is 0 Å². The molecule has 0 fully saturated rings. The van der Waals surface area contributed by atoms with Crippen LogP contribution < -0.4 is 0 Å². The lowest BCUT2D eigenvalue weighted by Gasteiger charge is -2.24. The summed E-state index contributed by atoms with van der Waals surface area (Å²) in [6.07, 6.45) is 25.0. The molecule has 19 heavy (non-hydrogen) atoms. The molecule has 0 saturated heterocycles. The van der Waals surface area contributed by atoms with E-state index in [1.807, 2.05) is 0 Å². The molecule has 0 heterocycles. The van der Waals surface area contributed by atoms with Crippen LogP contribution in [0.2, 0.25) is 0 Å². The van der Waals surface area contributed by atoms with Gasteiger partial charge in [0, 0.05) is 0 Å². The summed E-state index contributed by atoms with van der Waals surface area (Å²) in [4.78, 5) is 0. The van der Waals surface area contributed by atoms with Crippen LogP contribution in [0.25, 0.3) is 0 Å². The Balaban J connectivity index is 2.36. The van der Waals surface area contributed by atoms with Gasteiger partial charge in [-0.2, -0.15) is 0 Å². The Bertz CT molecular complexity index is 228. The molecule has 0 aromatic carbocycles. The third kappa shape index (κ3) is 8.50. The van der Waals surface area contributed by atoms with Gasteiger partial charge in [0.1, 0.15) is 0 Å². The molecular weight excluding hydrogens is 228 g/mol. The molecule has 1 aliphatic carbocycles. The van der Waals surface area contributed by atoms with Gasteiger partial charge >= 0.3 is 0 Å². The van der Waals surface area contributed by atoms with E-state index in [1.165, 1.54) is 89.9 Å². The third-order valence-corrected chi connectivity index (χ3v) is 4.95. The molecule has 1 aliphatic rings. The summed E-state index contributed by atoms with van der Waals surface area (Å²) < 4.78 is 0. The van der Waals surface area contributed by atoms with Crippen molar-refractivity contribution in [3.8, 4) is 0 Å². The molecule has 0 aromatic rings. The first-order valence-corrected chi connectivity index (χ1v) is 8.94. The monoisotopic (exact) mass is 264 g/mol. The zero-order valence-corrected chi connectivity index (χ0v) is 13.6. The zero-order chi connectivity index (χ0) is 13.8. The van der Waals surface area contributed by atoms with Gasteiger partial charge in [-0.25, -0.2) is 0 Å². The maximum atomic E-state index is 2.53. The van der Waals surface area contributed by atoms with Crippen LogP contribution >= 0.6 is 0 Å². The van der Waals surface area contributed by atoms with Crippen LogP contribution in [0, 0.1) is 5.41 Å².